The number of fused-ring (bicyclic) bond motifs is 2. The van der Waals surface area contributed by atoms with Crippen LogP contribution in [0.25, 0.3) is 10.9 Å². The molecule has 2 aromatic rings. The number of hydrogen-bond donors (Lipinski definition) is 2. The molecule has 1 aromatic carbocycles. The summed E-state index contributed by atoms with van der Waals surface area (Å²) in [6, 6.07) is 6.86. The van der Waals surface area contributed by atoms with Crippen molar-refractivity contribution in [2.45, 2.75) is 38.1 Å². The minimum atomic E-state index is -0.647. The Bertz CT molecular complexity index is 721. The van der Waals surface area contributed by atoms with Gasteiger partial charge in [-0.3, -0.25) is 9.69 Å². The fraction of sp³-hybridized carbons (Fsp3) is 0.500. The average Bonchev–Trinajstić information content (AvgIpc) is 2.93. The van der Waals surface area contributed by atoms with Gasteiger partial charge in [-0.2, -0.15) is 0 Å². The summed E-state index contributed by atoms with van der Waals surface area (Å²) in [5.74, 6) is -0.552. The van der Waals surface area contributed by atoms with E-state index in [1.807, 2.05) is 0 Å². The van der Waals surface area contributed by atoms with Gasteiger partial charge >= 0.3 is 5.97 Å². The zero-order valence-electron chi connectivity index (χ0n) is 12.9. The Hall–Kier alpha value is -1.81. The van der Waals surface area contributed by atoms with Gasteiger partial charge in [0.15, 0.2) is 0 Å². The van der Waals surface area contributed by atoms with Gasteiger partial charge in [0.1, 0.15) is 0 Å². The van der Waals surface area contributed by atoms with Crippen molar-refractivity contribution in [3.05, 3.63) is 35.5 Å². The van der Waals surface area contributed by atoms with Gasteiger partial charge in [0.05, 0.1) is 5.92 Å². The maximum atomic E-state index is 11.6. The van der Waals surface area contributed by atoms with E-state index in [0.29, 0.717) is 18.5 Å². The first-order valence-electron chi connectivity index (χ1n) is 8.24. The number of aromatic amines is 1. The largest absolute Gasteiger partial charge is 0.481 e. The third kappa shape index (κ3) is 1.97. The summed E-state index contributed by atoms with van der Waals surface area (Å²) in [6.45, 7) is 3.85. The van der Waals surface area contributed by atoms with E-state index in [1.54, 1.807) is 0 Å². The molecule has 1 fully saturated rings. The minimum absolute atomic E-state index is 0.247. The molecule has 1 unspecified atom stereocenters. The number of nitrogens with zero attached hydrogens (tertiary/aromatic N) is 1. The molecular formula is C18H22N2O2. The van der Waals surface area contributed by atoms with E-state index in [1.165, 1.54) is 22.0 Å². The minimum Gasteiger partial charge on any atom is -0.481 e. The van der Waals surface area contributed by atoms with Gasteiger partial charge in [0, 0.05) is 35.6 Å². The zero-order valence-corrected chi connectivity index (χ0v) is 12.9. The van der Waals surface area contributed by atoms with Crippen molar-refractivity contribution in [2.24, 2.45) is 5.92 Å². The van der Waals surface area contributed by atoms with Gasteiger partial charge in [-0.1, -0.05) is 19.1 Å². The van der Waals surface area contributed by atoms with E-state index in [2.05, 4.69) is 41.2 Å². The maximum absolute atomic E-state index is 11.6. The van der Waals surface area contributed by atoms with Crippen LogP contribution < -0.4 is 0 Å². The van der Waals surface area contributed by atoms with Crippen LogP contribution in [0.4, 0.5) is 0 Å². The predicted molar refractivity (Wildman–Crippen MR) is 86.1 cm³/mol. The highest BCUT2D eigenvalue weighted by Gasteiger charge is 2.42. The molecule has 4 heteroatoms. The van der Waals surface area contributed by atoms with Crippen molar-refractivity contribution in [1.29, 1.82) is 0 Å². The standard InChI is InChI=1S/C18H22N2O2/c1-2-6-20-10-12(18(21)22)7-14-13-4-3-5-15-17(13)11(9-19-15)8-16(14)20/h3-5,9,12,14,16,19H,2,6-8,10H2,1H3,(H,21,22)/t12-,14?,16-/m1/s1. The Kier molecular flexibility index (Phi) is 3.22. The summed E-state index contributed by atoms with van der Waals surface area (Å²) in [5, 5.41) is 10.9. The number of hydrogen-bond acceptors (Lipinski definition) is 2. The Labute approximate surface area is 130 Å². The van der Waals surface area contributed by atoms with E-state index in [4.69, 9.17) is 0 Å². The van der Waals surface area contributed by atoms with E-state index in [9.17, 15) is 9.90 Å². The summed E-state index contributed by atoms with van der Waals surface area (Å²) in [6.07, 6.45) is 5.01. The normalized spacial score (nSPS) is 27.8. The van der Waals surface area contributed by atoms with Gasteiger partial charge in [-0.15, -0.1) is 0 Å². The molecule has 1 aliphatic carbocycles. The Morgan fingerprint density at radius 2 is 2.32 bits per heavy atom. The fourth-order valence-corrected chi connectivity index (χ4v) is 4.52. The number of benzene rings is 1. The Morgan fingerprint density at radius 3 is 3.09 bits per heavy atom. The van der Waals surface area contributed by atoms with Crippen molar-refractivity contribution in [2.75, 3.05) is 13.1 Å². The van der Waals surface area contributed by atoms with Crippen molar-refractivity contribution in [1.82, 2.24) is 9.88 Å². The highest BCUT2D eigenvalue weighted by atomic mass is 16.4. The molecule has 4 nitrogen and oxygen atoms in total. The summed E-state index contributed by atoms with van der Waals surface area (Å²) < 4.78 is 0. The monoisotopic (exact) mass is 298 g/mol. The third-order valence-electron chi connectivity index (χ3n) is 5.44. The number of rotatable bonds is 3. The van der Waals surface area contributed by atoms with Crippen LogP contribution in [0.1, 0.15) is 36.8 Å². The quantitative estimate of drug-likeness (QED) is 0.916. The zero-order chi connectivity index (χ0) is 15.3. The molecule has 22 heavy (non-hydrogen) atoms. The number of carboxylic acids is 1. The third-order valence-corrected chi connectivity index (χ3v) is 5.44. The van der Waals surface area contributed by atoms with Gasteiger partial charge in [-0.05, 0) is 43.0 Å². The number of piperidine rings is 1. The van der Waals surface area contributed by atoms with Crippen LogP contribution in [0.5, 0.6) is 0 Å². The van der Waals surface area contributed by atoms with E-state index in [-0.39, 0.29) is 5.92 Å². The molecule has 0 bridgehead atoms. The number of aliphatic carboxylic acids is 1. The number of aromatic nitrogens is 1. The van der Waals surface area contributed by atoms with Crippen molar-refractivity contribution in [3.8, 4) is 0 Å². The van der Waals surface area contributed by atoms with Gasteiger partial charge in [0.25, 0.3) is 0 Å². The summed E-state index contributed by atoms with van der Waals surface area (Å²) in [7, 11) is 0. The Balaban J connectivity index is 1.80. The fourth-order valence-electron chi connectivity index (χ4n) is 4.52. The number of nitrogens with one attached hydrogen (secondary N) is 1. The second kappa shape index (κ2) is 5.13. The average molecular weight is 298 g/mol. The van der Waals surface area contributed by atoms with E-state index in [0.717, 1.165) is 25.8 Å². The maximum Gasteiger partial charge on any atom is 0.307 e. The highest BCUT2D eigenvalue weighted by molar-refractivity contribution is 5.88. The molecule has 3 atom stereocenters. The van der Waals surface area contributed by atoms with Crippen LogP contribution in [-0.4, -0.2) is 40.1 Å². The second-order valence-electron chi connectivity index (χ2n) is 6.73. The second-order valence-corrected chi connectivity index (χ2v) is 6.73. The number of carbonyl (C=O) groups is 1. The molecule has 2 N–H and O–H groups in total. The Morgan fingerprint density at radius 1 is 1.45 bits per heavy atom. The van der Waals surface area contributed by atoms with Gasteiger partial charge in [0.2, 0.25) is 0 Å². The van der Waals surface area contributed by atoms with Gasteiger partial charge < -0.3 is 10.1 Å². The topological polar surface area (TPSA) is 56.3 Å². The first-order valence-corrected chi connectivity index (χ1v) is 8.24. The first-order chi connectivity index (χ1) is 10.7. The van der Waals surface area contributed by atoms with Crippen molar-refractivity contribution in [3.63, 3.8) is 0 Å². The van der Waals surface area contributed by atoms with Crippen LogP contribution in [0, 0.1) is 5.92 Å². The van der Waals surface area contributed by atoms with E-state index < -0.39 is 5.97 Å². The summed E-state index contributed by atoms with van der Waals surface area (Å²) in [5.41, 5.74) is 3.92. The van der Waals surface area contributed by atoms with Crippen molar-refractivity contribution < 1.29 is 9.90 Å². The van der Waals surface area contributed by atoms with Crippen LogP contribution in [0.15, 0.2) is 24.4 Å². The molecule has 0 amide bonds. The molecule has 0 spiro atoms. The number of H-pyrrole nitrogens is 1. The highest BCUT2D eigenvalue weighted by Crippen LogP contribution is 2.44. The molecule has 4 rings (SSSR count). The molecule has 0 radical (unpaired) electrons. The number of likely N-dealkylation sites (tertiary alicyclic amines) is 1. The van der Waals surface area contributed by atoms with Crippen LogP contribution >= 0.6 is 0 Å². The molecule has 0 saturated carbocycles. The molecular weight excluding hydrogens is 276 g/mol. The number of carboxylic acid groups (broad SMARTS) is 1. The lowest BCUT2D eigenvalue weighted by atomic mass is 9.72. The van der Waals surface area contributed by atoms with Crippen molar-refractivity contribution >= 4 is 16.9 Å². The molecule has 2 aliphatic rings. The predicted octanol–water partition coefficient (Wildman–Crippen LogP) is 2.99. The first kappa shape index (κ1) is 13.8. The lowest BCUT2D eigenvalue weighted by Crippen LogP contribution is -2.51. The molecule has 2 heterocycles. The smallest absolute Gasteiger partial charge is 0.307 e. The van der Waals surface area contributed by atoms with Crippen LogP contribution in [-0.2, 0) is 11.2 Å². The van der Waals surface area contributed by atoms with Crippen LogP contribution in [0.3, 0.4) is 0 Å². The van der Waals surface area contributed by atoms with Gasteiger partial charge in [-0.25, -0.2) is 0 Å². The lowest BCUT2D eigenvalue weighted by molar-refractivity contribution is -0.144. The molecule has 116 valence electrons. The summed E-state index contributed by atoms with van der Waals surface area (Å²) >= 11 is 0. The molecule has 1 aliphatic heterocycles. The molecule has 1 aromatic heterocycles. The lowest BCUT2D eigenvalue weighted by Gasteiger charge is -2.46. The summed E-state index contributed by atoms with van der Waals surface area (Å²) in [4.78, 5) is 17.4. The SMILES string of the molecule is CCCN1C[C@H](C(=O)O)CC2c3cccc4[nH]cc(c34)C[C@H]21. The van der Waals surface area contributed by atoms with E-state index >= 15 is 0 Å². The van der Waals surface area contributed by atoms with Crippen LogP contribution in [0.2, 0.25) is 0 Å². The molecule has 1 saturated heterocycles.